The minimum Gasteiger partial charge on any atom is -0.360 e. The quantitative estimate of drug-likeness (QED) is 0.715. The molecule has 142 valence electrons. The third-order valence-corrected chi connectivity index (χ3v) is 6.02. The van der Waals surface area contributed by atoms with Gasteiger partial charge in [-0.2, -0.15) is 5.26 Å². The summed E-state index contributed by atoms with van der Waals surface area (Å²) in [5, 5.41) is 10.7. The van der Waals surface area contributed by atoms with E-state index in [0.717, 1.165) is 46.9 Å². The second-order valence-electron chi connectivity index (χ2n) is 6.71. The Morgan fingerprint density at radius 2 is 2.21 bits per heavy atom. The number of pyridine rings is 2. The van der Waals surface area contributed by atoms with Crippen molar-refractivity contribution in [1.29, 1.82) is 5.26 Å². The molecule has 8 heteroatoms. The summed E-state index contributed by atoms with van der Waals surface area (Å²) in [6, 6.07) is 5.73. The average Bonchev–Trinajstić information content (AvgIpc) is 3.16. The van der Waals surface area contributed by atoms with Gasteiger partial charge in [0, 0.05) is 42.1 Å². The van der Waals surface area contributed by atoms with Crippen LogP contribution in [0.3, 0.4) is 0 Å². The fourth-order valence-electron chi connectivity index (χ4n) is 3.51. The Balaban J connectivity index is 1.68. The molecule has 0 unspecified atom stereocenters. The molecular formula is C20H19N5O2S. The van der Waals surface area contributed by atoms with E-state index in [2.05, 4.69) is 27.2 Å². The lowest BCUT2D eigenvalue weighted by atomic mass is 9.95. The lowest BCUT2D eigenvalue weighted by molar-refractivity contribution is 0.474. The summed E-state index contributed by atoms with van der Waals surface area (Å²) in [7, 11) is -3.36. The molecule has 0 aliphatic carbocycles. The van der Waals surface area contributed by atoms with E-state index in [9.17, 15) is 8.42 Å². The Hall–Kier alpha value is -3.18. The van der Waals surface area contributed by atoms with Gasteiger partial charge in [0.2, 0.25) is 0 Å². The number of sulfone groups is 1. The third-order valence-electron chi connectivity index (χ3n) is 4.75. The van der Waals surface area contributed by atoms with E-state index in [1.807, 2.05) is 17.2 Å². The summed E-state index contributed by atoms with van der Waals surface area (Å²) in [5.74, 6) is -0.586. The van der Waals surface area contributed by atoms with Crippen LogP contribution in [-0.2, 0) is 9.84 Å². The van der Waals surface area contributed by atoms with Crippen LogP contribution in [0.5, 0.6) is 0 Å². The molecule has 1 N–H and O–H groups in total. The molecular weight excluding hydrogens is 374 g/mol. The maximum absolute atomic E-state index is 11.7. The van der Waals surface area contributed by atoms with E-state index in [-0.39, 0.29) is 5.75 Å². The monoisotopic (exact) mass is 393 g/mol. The Labute approximate surface area is 162 Å². The summed E-state index contributed by atoms with van der Waals surface area (Å²) < 4.78 is 23.4. The molecule has 3 aromatic rings. The van der Waals surface area contributed by atoms with Crippen LogP contribution in [-0.4, -0.2) is 46.3 Å². The summed E-state index contributed by atoms with van der Waals surface area (Å²) in [5.41, 5.74) is 3.99. The highest BCUT2D eigenvalue weighted by Gasteiger charge is 2.16. The van der Waals surface area contributed by atoms with Crippen molar-refractivity contribution < 1.29 is 8.42 Å². The Morgan fingerprint density at radius 3 is 3.07 bits per heavy atom. The summed E-state index contributed by atoms with van der Waals surface area (Å²) in [4.78, 5) is 13.9. The van der Waals surface area contributed by atoms with Crippen molar-refractivity contribution in [2.75, 3.05) is 18.1 Å². The highest BCUT2D eigenvalue weighted by molar-refractivity contribution is 7.91. The molecule has 7 nitrogen and oxygen atoms in total. The van der Waals surface area contributed by atoms with Crippen LogP contribution in [0.2, 0.25) is 0 Å². The number of nitrogens with zero attached hydrogens (tertiary/aromatic N) is 4. The minimum atomic E-state index is -3.36. The minimum absolute atomic E-state index is 0.130. The van der Waals surface area contributed by atoms with Gasteiger partial charge in [0.15, 0.2) is 15.5 Å². The Morgan fingerprint density at radius 1 is 1.32 bits per heavy atom. The van der Waals surface area contributed by atoms with Crippen molar-refractivity contribution in [3.05, 3.63) is 54.8 Å². The first-order chi connectivity index (χ1) is 13.6. The van der Waals surface area contributed by atoms with Crippen molar-refractivity contribution >= 4 is 37.3 Å². The van der Waals surface area contributed by atoms with Gasteiger partial charge >= 0.3 is 0 Å². The highest BCUT2D eigenvalue weighted by Crippen LogP contribution is 2.33. The number of fused-ring (bicyclic) bond motifs is 3. The normalized spacial score (nSPS) is 15.2. The highest BCUT2D eigenvalue weighted by atomic mass is 32.2. The van der Waals surface area contributed by atoms with Crippen LogP contribution in [0, 0.1) is 11.3 Å². The zero-order valence-electron chi connectivity index (χ0n) is 15.2. The molecule has 0 spiro atoms. The number of hydrogen-bond donors (Lipinski definition) is 1. The first kappa shape index (κ1) is 18.2. The van der Waals surface area contributed by atoms with E-state index in [1.165, 1.54) is 5.57 Å². The summed E-state index contributed by atoms with van der Waals surface area (Å²) >= 11 is 0. The number of nitriles is 1. The largest absolute Gasteiger partial charge is 0.360 e. The van der Waals surface area contributed by atoms with Gasteiger partial charge in [0.05, 0.1) is 23.5 Å². The molecule has 28 heavy (non-hydrogen) atoms. The molecule has 0 atom stereocenters. The van der Waals surface area contributed by atoms with Crippen LogP contribution in [0.4, 0.5) is 0 Å². The van der Waals surface area contributed by atoms with Gasteiger partial charge < -0.3 is 9.88 Å². The number of hydrogen-bond acceptors (Lipinski definition) is 6. The molecule has 0 bridgehead atoms. The Bertz CT molecular complexity index is 1230. The predicted octanol–water partition coefficient (Wildman–Crippen LogP) is 3.00. The molecule has 0 amide bonds. The lowest BCUT2D eigenvalue weighted by Gasteiger charge is -2.24. The first-order valence-electron chi connectivity index (χ1n) is 8.99. The molecule has 1 aliphatic heterocycles. The number of allylic oxidation sites excluding steroid dienone is 1. The number of aromatic nitrogens is 3. The number of nitrogens with one attached hydrogen (secondary N) is 1. The van der Waals surface area contributed by atoms with Crippen molar-refractivity contribution in [1.82, 2.24) is 19.9 Å². The third kappa shape index (κ3) is 3.62. The molecule has 0 fully saturated rings. The van der Waals surface area contributed by atoms with Crippen LogP contribution in [0.25, 0.3) is 27.5 Å². The summed E-state index contributed by atoms with van der Waals surface area (Å²) in [6.07, 6.45) is 12.8. The van der Waals surface area contributed by atoms with Crippen molar-refractivity contribution in [3.8, 4) is 6.07 Å². The van der Waals surface area contributed by atoms with Gasteiger partial charge in [-0.25, -0.2) is 18.4 Å². The topological polar surface area (TPSA) is 103 Å². The van der Waals surface area contributed by atoms with E-state index < -0.39 is 15.6 Å². The van der Waals surface area contributed by atoms with E-state index in [4.69, 9.17) is 5.26 Å². The zero-order chi connectivity index (χ0) is 19.6. The van der Waals surface area contributed by atoms with Crippen LogP contribution in [0.15, 0.2) is 49.2 Å². The molecule has 1 aliphatic rings. The molecule has 0 aromatic carbocycles. The molecule has 4 rings (SSSR count). The Kier molecular flexibility index (Phi) is 4.84. The van der Waals surface area contributed by atoms with Crippen molar-refractivity contribution in [2.24, 2.45) is 0 Å². The number of H-pyrrole nitrogens is 1. The number of aromatic amines is 1. The predicted molar refractivity (Wildman–Crippen MR) is 109 cm³/mol. The van der Waals surface area contributed by atoms with Gasteiger partial charge in [-0.1, -0.05) is 6.08 Å². The van der Waals surface area contributed by atoms with Gasteiger partial charge in [-0.15, -0.1) is 0 Å². The van der Waals surface area contributed by atoms with E-state index in [0.29, 0.717) is 0 Å². The van der Waals surface area contributed by atoms with E-state index >= 15 is 0 Å². The van der Waals surface area contributed by atoms with Gasteiger partial charge in [-0.05, 0) is 36.1 Å². The lowest BCUT2D eigenvalue weighted by Crippen LogP contribution is -2.17. The smallest absolute Gasteiger partial charge is 0.167 e. The first-order valence-corrected chi connectivity index (χ1v) is 10.8. The molecule has 4 heterocycles. The maximum atomic E-state index is 11.7. The fourth-order valence-corrected chi connectivity index (χ4v) is 4.20. The summed E-state index contributed by atoms with van der Waals surface area (Å²) in [6.45, 7) is 0.823. The van der Waals surface area contributed by atoms with Gasteiger partial charge in [0.1, 0.15) is 5.75 Å². The van der Waals surface area contributed by atoms with E-state index in [1.54, 1.807) is 30.7 Å². The van der Waals surface area contributed by atoms with Crippen LogP contribution < -0.4 is 0 Å². The number of rotatable bonds is 5. The SMILES string of the molecule is N#CCS(=O)(=O)CC=CN1C=C(c2cc[nH]c3cnc4nccc4c23)CCC1. The van der Waals surface area contributed by atoms with Crippen molar-refractivity contribution in [3.63, 3.8) is 0 Å². The molecule has 0 saturated heterocycles. The zero-order valence-corrected chi connectivity index (χ0v) is 16.0. The second-order valence-corrected chi connectivity index (χ2v) is 8.82. The second kappa shape index (κ2) is 7.44. The van der Waals surface area contributed by atoms with Crippen molar-refractivity contribution in [2.45, 2.75) is 12.8 Å². The van der Waals surface area contributed by atoms with Crippen LogP contribution in [0.1, 0.15) is 18.4 Å². The van der Waals surface area contributed by atoms with Gasteiger partial charge in [-0.3, -0.25) is 0 Å². The standard InChI is InChI=1S/C20H19N5O2S/c21-6-12-28(26,27)11-2-10-25-9-1-3-15(14-25)16-4-7-22-18-13-24-20-17(19(16)18)5-8-23-20/h2,4-5,7-8,10,13-14,22H,1,3,9,11-12H2. The molecule has 0 saturated carbocycles. The molecule has 0 radical (unpaired) electrons. The van der Waals surface area contributed by atoms with Crippen LogP contribution >= 0.6 is 0 Å². The fraction of sp³-hybridized carbons (Fsp3) is 0.250. The average molecular weight is 393 g/mol. The molecule has 3 aromatic heterocycles. The van der Waals surface area contributed by atoms with Gasteiger partial charge in [0.25, 0.3) is 0 Å². The maximum Gasteiger partial charge on any atom is 0.167 e.